The van der Waals surface area contributed by atoms with Crippen molar-refractivity contribution in [1.82, 2.24) is 9.13 Å². The summed E-state index contributed by atoms with van der Waals surface area (Å²) in [7, 11) is 0. The lowest BCUT2D eigenvalue weighted by molar-refractivity contribution is 1.18. The number of hydrogen-bond donors (Lipinski definition) is 0. The van der Waals surface area contributed by atoms with Gasteiger partial charge < -0.3 is 9.13 Å². The molecule has 48 heavy (non-hydrogen) atoms. The Bertz CT molecular complexity index is 2950. The lowest BCUT2D eigenvalue weighted by Gasteiger charge is -2.12. The molecule has 0 N–H and O–H groups in total. The zero-order valence-electron chi connectivity index (χ0n) is 25.9. The van der Waals surface area contributed by atoms with E-state index in [1.54, 1.807) is 0 Å². The molecule has 0 radical (unpaired) electrons. The lowest BCUT2D eigenvalue weighted by Crippen LogP contribution is -1.94. The molecular weight excluding hydrogens is 583 g/mol. The van der Waals surface area contributed by atoms with Gasteiger partial charge in [-0.25, -0.2) is 4.85 Å². The van der Waals surface area contributed by atoms with Crippen LogP contribution >= 0.6 is 0 Å². The molecule has 10 rings (SSSR count). The zero-order valence-corrected chi connectivity index (χ0v) is 25.9. The van der Waals surface area contributed by atoms with E-state index in [-0.39, 0.29) is 0 Å². The fourth-order valence-corrected chi connectivity index (χ4v) is 7.67. The summed E-state index contributed by atoms with van der Waals surface area (Å²) < 4.78 is 4.74. The molecule has 0 saturated carbocycles. The van der Waals surface area contributed by atoms with Crippen LogP contribution in [0.4, 0.5) is 5.69 Å². The third-order valence-corrected chi connectivity index (χ3v) is 9.89. The van der Waals surface area contributed by atoms with Crippen LogP contribution in [0.25, 0.3) is 92.5 Å². The van der Waals surface area contributed by atoms with Crippen LogP contribution < -0.4 is 0 Å². The van der Waals surface area contributed by atoms with Crippen molar-refractivity contribution in [3.8, 4) is 22.5 Å². The molecule has 0 aliphatic carbocycles. The van der Waals surface area contributed by atoms with Crippen LogP contribution in [-0.2, 0) is 0 Å². The highest BCUT2D eigenvalue weighted by Crippen LogP contribution is 2.39. The Morgan fingerprint density at radius 3 is 1.48 bits per heavy atom. The molecule has 2 aromatic heterocycles. The van der Waals surface area contributed by atoms with Crippen molar-refractivity contribution in [1.29, 1.82) is 0 Å². The van der Waals surface area contributed by atoms with E-state index in [9.17, 15) is 0 Å². The highest BCUT2D eigenvalue weighted by molar-refractivity contribution is 6.14. The maximum Gasteiger partial charge on any atom is 0.187 e. The topological polar surface area (TPSA) is 14.2 Å². The first-order valence-electron chi connectivity index (χ1n) is 16.2. The molecule has 0 fully saturated rings. The van der Waals surface area contributed by atoms with Gasteiger partial charge in [0.15, 0.2) is 5.69 Å². The Balaban J connectivity index is 1.17. The summed E-state index contributed by atoms with van der Waals surface area (Å²) in [6, 6.07) is 58.7. The van der Waals surface area contributed by atoms with Crippen LogP contribution in [0.15, 0.2) is 164 Å². The quantitative estimate of drug-likeness (QED) is 0.140. The van der Waals surface area contributed by atoms with Crippen molar-refractivity contribution in [2.75, 3.05) is 0 Å². The summed E-state index contributed by atoms with van der Waals surface area (Å²) in [5.41, 5.74) is 10.1. The third kappa shape index (κ3) is 3.87. The van der Waals surface area contributed by atoms with E-state index in [2.05, 4.69) is 160 Å². The molecule has 0 unspecified atom stereocenters. The smallest absolute Gasteiger partial charge is 0.187 e. The second kappa shape index (κ2) is 10.2. The minimum Gasteiger partial charge on any atom is -0.309 e. The lowest BCUT2D eigenvalue weighted by atomic mass is 10.0. The molecule has 3 heteroatoms. The van der Waals surface area contributed by atoms with Crippen molar-refractivity contribution in [2.24, 2.45) is 0 Å². The maximum absolute atomic E-state index is 7.57. The number of aromatic nitrogens is 2. The maximum atomic E-state index is 7.57. The van der Waals surface area contributed by atoms with Crippen molar-refractivity contribution >= 4 is 70.8 Å². The Morgan fingerprint density at radius 1 is 0.354 bits per heavy atom. The van der Waals surface area contributed by atoms with E-state index in [0.717, 1.165) is 21.8 Å². The number of benzene rings is 8. The van der Waals surface area contributed by atoms with Crippen LogP contribution in [0.3, 0.4) is 0 Å². The van der Waals surface area contributed by atoms with Gasteiger partial charge in [0.05, 0.1) is 28.6 Å². The average Bonchev–Trinajstić information content (AvgIpc) is 3.67. The van der Waals surface area contributed by atoms with Crippen molar-refractivity contribution in [3.63, 3.8) is 0 Å². The summed E-state index contributed by atoms with van der Waals surface area (Å²) in [6.07, 6.45) is 0. The minimum atomic E-state index is 0.660. The molecule has 0 bridgehead atoms. The van der Waals surface area contributed by atoms with E-state index in [1.165, 1.54) is 65.8 Å². The molecule has 222 valence electrons. The number of rotatable bonds is 3. The summed E-state index contributed by atoms with van der Waals surface area (Å²) in [6.45, 7) is 7.57. The van der Waals surface area contributed by atoms with E-state index < -0.39 is 0 Å². The Hall–Kier alpha value is -6.63. The molecule has 2 heterocycles. The van der Waals surface area contributed by atoms with Crippen LogP contribution in [0.1, 0.15) is 0 Å². The van der Waals surface area contributed by atoms with Gasteiger partial charge in [-0.05, 0) is 99.4 Å². The van der Waals surface area contributed by atoms with Gasteiger partial charge >= 0.3 is 0 Å². The van der Waals surface area contributed by atoms with Gasteiger partial charge in [0.25, 0.3) is 0 Å². The number of para-hydroxylation sites is 3. The van der Waals surface area contributed by atoms with E-state index in [1.807, 2.05) is 18.2 Å². The third-order valence-electron chi connectivity index (χ3n) is 9.89. The fraction of sp³-hybridized carbons (Fsp3) is 0. The molecule has 0 aliphatic rings. The van der Waals surface area contributed by atoms with Gasteiger partial charge in [-0.15, -0.1) is 0 Å². The number of hydrogen-bond acceptors (Lipinski definition) is 0. The molecule has 0 amide bonds. The van der Waals surface area contributed by atoms with E-state index in [0.29, 0.717) is 5.69 Å². The SMILES string of the molecule is [C-]#[N+]c1ccc2ccc3ccc(-n4c5ccccc5c5cc(-c6ccc7c(c6)c6ccccc6n7-c6ccccc6)ccc54)cc3c2c1. The molecule has 0 spiro atoms. The Kier molecular flexibility index (Phi) is 5.64. The molecule has 10 aromatic rings. The molecule has 0 atom stereocenters. The standard InChI is InChI=1S/C45H27N3/c1-46-33-21-17-29-15-16-30-18-22-35(28-39(30)38(29)27-33)48-43-14-8-6-12-37(43)41-26-32(20-24-45(41)48)31-19-23-44-40(25-31)36-11-5-7-13-42(36)47(44)34-9-3-2-4-10-34/h2-28H. The largest absolute Gasteiger partial charge is 0.309 e. The summed E-state index contributed by atoms with van der Waals surface area (Å²) in [4.78, 5) is 3.71. The second-order valence-corrected chi connectivity index (χ2v) is 12.5. The fourth-order valence-electron chi connectivity index (χ4n) is 7.67. The zero-order chi connectivity index (χ0) is 31.8. The van der Waals surface area contributed by atoms with E-state index >= 15 is 0 Å². The minimum absolute atomic E-state index is 0.660. The Labute approximate surface area is 276 Å². The Morgan fingerprint density at radius 2 is 0.854 bits per heavy atom. The molecule has 3 nitrogen and oxygen atoms in total. The van der Waals surface area contributed by atoms with Crippen molar-refractivity contribution in [2.45, 2.75) is 0 Å². The summed E-state index contributed by atoms with van der Waals surface area (Å²) in [5.74, 6) is 0. The average molecular weight is 610 g/mol. The predicted molar refractivity (Wildman–Crippen MR) is 202 cm³/mol. The van der Waals surface area contributed by atoms with Crippen LogP contribution in [0, 0.1) is 6.57 Å². The van der Waals surface area contributed by atoms with Gasteiger partial charge in [0.2, 0.25) is 0 Å². The summed E-state index contributed by atoms with van der Waals surface area (Å²) in [5, 5.41) is 9.52. The first kappa shape index (κ1) is 26.6. The normalized spacial score (nSPS) is 11.7. The van der Waals surface area contributed by atoms with Gasteiger partial charge in [-0.3, -0.25) is 0 Å². The molecular formula is C45H27N3. The summed E-state index contributed by atoms with van der Waals surface area (Å²) >= 11 is 0. The number of nitrogens with zero attached hydrogens (tertiary/aromatic N) is 3. The highest BCUT2D eigenvalue weighted by atomic mass is 15.0. The number of fused-ring (bicyclic) bond motifs is 9. The predicted octanol–water partition coefficient (Wildman–Crippen LogP) is 12.4. The van der Waals surface area contributed by atoms with Gasteiger partial charge in [0, 0.05) is 32.9 Å². The second-order valence-electron chi connectivity index (χ2n) is 12.5. The van der Waals surface area contributed by atoms with Crippen LogP contribution in [0.5, 0.6) is 0 Å². The highest BCUT2D eigenvalue weighted by Gasteiger charge is 2.16. The molecule has 0 aliphatic heterocycles. The first-order chi connectivity index (χ1) is 23.7. The van der Waals surface area contributed by atoms with E-state index in [4.69, 9.17) is 6.57 Å². The van der Waals surface area contributed by atoms with Crippen molar-refractivity contribution in [3.05, 3.63) is 175 Å². The molecule has 0 saturated heterocycles. The molecule has 8 aromatic carbocycles. The van der Waals surface area contributed by atoms with Crippen LogP contribution in [0.2, 0.25) is 0 Å². The van der Waals surface area contributed by atoms with Gasteiger partial charge in [-0.1, -0.05) is 97.1 Å². The van der Waals surface area contributed by atoms with Crippen molar-refractivity contribution < 1.29 is 0 Å². The first-order valence-corrected chi connectivity index (χ1v) is 16.2. The monoisotopic (exact) mass is 609 g/mol. The van der Waals surface area contributed by atoms with Gasteiger partial charge in [-0.2, -0.15) is 0 Å². The van der Waals surface area contributed by atoms with Gasteiger partial charge in [0.1, 0.15) is 0 Å². The van der Waals surface area contributed by atoms with Crippen LogP contribution in [-0.4, -0.2) is 9.13 Å².